The summed E-state index contributed by atoms with van der Waals surface area (Å²) in [6.45, 7) is 2.11. The van der Waals surface area contributed by atoms with Gasteiger partial charge in [0, 0.05) is 12.8 Å². The number of nitrogens with zero attached hydrogens (tertiary/aromatic N) is 1. The third-order valence-electron chi connectivity index (χ3n) is 2.40. The molecule has 0 radical (unpaired) electrons. The van der Waals surface area contributed by atoms with E-state index in [1.165, 1.54) is 6.08 Å². The molecule has 0 saturated carbocycles. The molecule has 3 nitrogen and oxygen atoms in total. The van der Waals surface area contributed by atoms with Crippen LogP contribution in [0.1, 0.15) is 32.6 Å². The van der Waals surface area contributed by atoms with Crippen LogP contribution < -0.4 is 0 Å². The van der Waals surface area contributed by atoms with E-state index in [-0.39, 0.29) is 18.2 Å². The first-order valence-electron chi connectivity index (χ1n) is 5.31. The lowest BCUT2D eigenvalue weighted by molar-refractivity contribution is -0.143. The van der Waals surface area contributed by atoms with E-state index in [9.17, 15) is 9.18 Å². The Morgan fingerprint density at radius 2 is 2.38 bits per heavy atom. The maximum Gasteiger partial charge on any atom is 0.306 e. The largest absolute Gasteiger partial charge is 0.466 e. The highest BCUT2D eigenvalue weighted by Crippen LogP contribution is 2.27. The van der Waals surface area contributed by atoms with E-state index in [0.717, 1.165) is 5.57 Å². The van der Waals surface area contributed by atoms with Gasteiger partial charge in [-0.2, -0.15) is 5.26 Å². The van der Waals surface area contributed by atoms with Crippen molar-refractivity contribution in [3.8, 4) is 6.07 Å². The van der Waals surface area contributed by atoms with Gasteiger partial charge in [-0.25, -0.2) is 4.39 Å². The average Bonchev–Trinajstić information content (AvgIpc) is 2.27. The minimum Gasteiger partial charge on any atom is -0.466 e. The summed E-state index contributed by atoms with van der Waals surface area (Å²) in [7, 11) is 0. The van der Waals surface area contributed by atoms with Crippen molar-refractivity contribution >= 4 is 5.97 Å². The Hall–Kier alpha value is -1.63. The van der Waals surface area contributed by atoms with E-state index in [1.54, 1.807) is 6.92 Å². The fraction of sp³-hybridized carbons (Fsp3) is 0.500. The van der Waals surface area contributed by atoms with Gasteiger partial charge in [-0.05, 0) is 25.8 Å². The minimum absolute atomic E-state index is 0.254. The molecule has 0 aromatic rings. The highest BCUT2D eigenvalue weighted by molar-refractivity contribution is 5.69. The van der Waals surface area contributed by atoms with Crippen molar-refractivity contribution in [1.29, 1.82) is 5.26 Å². The summed E-state index contributed by atoms with van der Waals surface area (Å²) in [6.07, 6.45) is 2.83. The minimum atomic E-state index is -0.276. The number of hydrogen-bond acceptors (Lipinski definition) is 3. The summed E-state index contributed by atoms with van der Waals surface area (Å²) in [5.41, 5.74) is 1.20. The molecule has 16 heavy (non-hydrogen) atoms. The second-order valence-corrected chi connectivity index (χ2v) is 3.53. The van der Waals surface area contributed by atoms with Crippen molar-refractivity contribution in [2.24, 2.45) is 0 Å². The molecular weight excluding hydrogens is 209 g/mol. The average molecular weight is 223 g/mol. The van der Waals surface area contributed by atoms with Crippen molar-refractivity contribution in [3.05, 3.63) is 23.0 Å². The highest BCUT2D eigenvalue weighted by Gasteiger charge is 2.14. The molecule has 0 amide bonds. The highest BCUT2D eigenvalue weighted by atomic mass is 19.1. The summed E-state index contributed by atoms with van der Waals surface area (Å²) < 4.78 is 17.7. The smallest absolute Gasteiger partial charge is 0.306 e. The molecule has 0 fully saturated rings. The normalized spacial score (nSPS) is 15.4. The molecule has 1 aliphatic carbocycles. The molecule has 1 aliphatic rings. The Bertz CT molecular complexity index is 377. The van der Waals surface area contributed by atoms with Crippen LogP contribution in [0, 0.1) is 11.3 Å². The van der Waals surface area contributed by atoms with Gasteiger partial charge in [0.05, 0.1) is 18.2 Å². The molecule has 0 unspecified atom stereocenters. The van der Waals surface area contributed by atoms with Gasteiger partial charge in [0.1, 0.15) is 5.83 Å². The van der Waals surface area contributed by atoms with Crippen molar-refractivity contribution in [2.45, 2.75) is 32.6 Å². The Kier molecular flexibility index (Phi) is 4.71. The molecular formula is C12H14FNO2. The van der Waals surface area contributed by atoms with E-state index in [1.807, 2.05) is 6.07 Å². The Labute approximate surface area is 94.2 Å². The van der Waals surface area contributed by atoms with Crippen LogP contribution in [0.5, 0.6) is 0 Å². The molecule has 0 spiro atoms. The summed E-state index contributed by atoms with van der Waals surface area (Å²) >= 11 is 0. The molecule has 1 rings (SSSR count). The Morgan fingerprint density at radius 3 is 3.00 bits per heavy atom. The molecule has 0 atom stereocenters. The zero-order valence-electron chi connectivity index (χ0n) is 9.25. The topological polar surface area (TPSA) is 50.1 Å². The monoisotopic (exact) mass is 223 g/mol. The van der Waals surface area contributed by atoms with Crippen molar-refractivity contribution in [3.63, 3.8) is 0 Å². The van der Waals surface area contributed by atoms with E-state index >= 15 is 0 Å². The molecule has 4 heteroatoms. The number of carbonyl (C=O) groups is 1. The summed E-state index contributed by atoms with van der Waals surface area (Å²) in [6, 6.07) is 1.95. The fourth-order valence-electron chi connectivity index (χ4n) is 1.59. The lowest BCUT2D eigenvalue weighted by atomic mass is 9.94. The molecule has 0 bridgehead atoms. The van der Waals surface area contributed by atoms with Gasteiger partial charge in [0.15, 0.2) is 0 Å². The van der Waals surface area contributed by atoms with Gasteiger partial charge in [-0.15, -0.1) is 0 Å². The lowest BCUT2D eigenvalue weighted by Crippen LogP contribution is -2.05. The summed E-state index contributed by atoms with van der Waals surface area (Å²) in [5, 5.41) is 8.81. The third-order valence-corrected chi connectivity index (χ3v) is 2.40. The number of hydrogen-bond donors (Lipinski definition) is 0. The Balaban J connectivity index is 2.59. The van der Waals surface area contributed by atoms with Crippen LogP contribution in [0.15, 0.2) is 23.0 Å². The standard InChI is InChI=1S/C12H14FNO2/c1-2-16-12(15)6-4-9-3-5-11(13)7-10(9)8-14/h7H,2-6H2,1H3. The predicted molar refractivity (Wildman–Crippen MR) is 56.9 cm³/mol. The number of rotatable bonds is 4. The van der Waals surface area contributed by atoms with Crippen LogP contribution in [0.4, 0.5) is 4.39 Å². The second-order valence-electron chi connectivity index (χ2n) is 3.53. The molecule has 86 valence electrons. The Morgan fingerprint density at radius 1 is 1.62 bits per heavy atom. The molecule has 0 aromatic carbocycles. The number of esters is 1. The predicted octanol–water partition coefficient (Wildman–Crippen LogP) is 2.80. The van der Waals surface area contributed by atoms with E-state index in [2.05, 4.69) is 0 Å². The summed E-state index contributed by atoms with van der Waals surface area (Å²) in [5.74, 6) is -0.543. The van der Waals surface area contributed by atoms with Crippen LogP contribution in [0.3, 0.4) is 0 Å². The van der Waals surface area contributed by atoms with Crippen LogP contribution in [-0.4, -0.2) is 12.6 Å². The van der Waals surface area contributed by atoms with Crippen LogP contribution in [0.2, 0.25) is 0 Å². The van der Waals surface area contributed by atoms with Crippen LogP contribution in [-0.2, 0) is 9.53 Å². The lowest BCUT2D eigenvalue weighted by Gasteiger charge is -2.12. The number of carbonyl (C=O) groups excluding carboxylic acids is 1. The van der Waals surface area contributed by atoms with Gasteiger partial charge in [-0.1, -0.05) is 5.57 Å². The number of allylic oxidation sites excluding steroid dienone is 4. The van der Waals surface area contributed by atoms with Gasteiger partial charge < -0.3 is 4.74 Å². The zero-order valence-corrected chi connectivity index (χ0v) is 9.25. The number of ether oxygens (including phenoxy) is 1. The quantitative estimate of drug-likeness (QED) is 0.688. The maximum atomic E-state index is 12.9. The first-order chi connectivity index (χ1) is 7.67. The van der Waals surface area contributed by atoms with E-state index in [4.69, 9.17) is 10.00 Å². The maximum absolute atomic E-state index is 12.9. The van der Waals surface area contributed by atoms with E-state index < -0.39 is 0 Å². The van der Waals surface area contributed by atoms with Crippen LogP contribution in [0.25, 0.3) is 0 Å². The summed E-state index contributed by atoms with van der Waals surface area (Å²) in [4.78, 5) is 11.1. The van der Waals surface area contributed by atoms with Gasteiger partial charge in [-0.3, -0.25) is 4.79 Å². The van der Waals surface area contributed by atoms with Gasteiger partial charge >= 0.3 is 5.97 Å². The first-order valence-corrected chi connectivity index (χ1v) is 5.31. The molecule has 0 saturated heterocycles. The number of nitriles is 1. The van der Waals surface area contributed by atoms with Gasteiger partial charge in [0.25, 0.3) is 0 Å². The first kappa shape index (κ1) is 12.4. The molecule has 0 aliphatic heterocycles. The molecule has 0 aromatic heterocycles. The second kappa shape index (κ2) is 6.06. The molecule has 0 heterocycles. The van der Waals surface area contributed by atoms with E-state index in [0.29, 0.717) is 31.4 Å². The van der Waals surface area contributed by atoms with Gasteiger partial charge in [0.2, 0.25) is 0 Å². The van der Waals surface area contributed by atoms with Crippen molar-refractivity contribution < 1.29 is 13.9 Å². The van der Waals surface area contributed by atoms with Crippen molar-refractivity contribution in [1.82, 2.24) is 0 Å². The fourth-order valence-corrected chi connectivity index (χ4v) is 1.59. The SMILES string of the molecule is CCOC(=O)CCC1=C(C#N)C=C(F)CC1. The molecule has 0 N–H and O–H groups in total. The zero-order chi connectivity index (χ0) is 12.0. The third kappa shape index (κ3) is 3.50. The number of halogens is 1. The van der Waals surface area contributed by atoms with Crippen molar-refractivity contribution in [2.75, 3.05) is 6.61 Å². The van der Waals surface area contributed by atoms with Crippen LogP contribution >= 0.6 is 0 Å².